The molecule has 9 heteroatoms. The third-order valence-corrected chi connectivity index (χ3v) is 8.10. The molecule has 3 heterocycles. The molecule has 5 rings (SSSR count). The minimum absolute atomic E-state index is 0.134. The average molecular weight is 513 g/mol. The van der Waals surface area contributed by atoms with Crippen molar-refractivity contribution in [1.82, 2.24) is 24.6 Å². The zero-order valence-electron chi connectivity index (χ0n) is 20.2. The summed E-state index contributed by atoms with van der Waals surface area (Å²) in [5.41, 5.74) is 11.0. The van der Waals surface area contributed by atoms with Crippen molar-refractivity contribution >= 4 is 45.8 Å². The van der Waals surface area contributed by atoms with E-state index in [0.29, 0.717) is 22.0 Å². The minimum atomic E-state index is -0.209. The zero-order valence-corrected chi connectivity index (χ0v) is 21.7. The Morgan fingerprint density at radius 2 is 2.09 bits per heavy atom. The molecular weight excluding hydrogens is 483 g/mol. The molecule has 0 spiro atoms. The number of carbonyl (C=O) groups is 1. The summed E-state index contributed by atoms with van der Waals surface area (Å²) in [5, 5.41) is 5.95. The predicted molar refractivity (Wildman–Crippen MR) is 139 cm³/mol. The summed E-state index contributed by atoms with van der Waals surface area (Å²) in [6, 6.07) is 5.55. The molecular formula is C26H30Cl2N6O. The van der Waals surface area contributed by atoms with E-state index in [4.69, 9.17) is 44.0 Å². The van der Waals surface area contributed by atoms with E-state index < -0.39 is 0 Å². The van der Waals surface area contributed by atoms with Gasteiger partial charge in [0.25, 0.3) is 0 Å². The first-order valence-electron chi connectivity index (χ1n) is 12.2. The number of rotatable bonds is 5. The molecule has 1 aliphatic heterocycles. The van der Waals surface area contributed by atoms with Gasteiger partial charge in [0.05, 0.1) is 29.7 Å². The van der Waals surface area contributed by atoms with Gasteiger partial charge in [-0.05, 0) is 75.3 Å². The van der Waals surface area contributed by atoms with E-state index in [0.717, 1.165) is 60.3 Å². The van der Waals surface area contributed by atoms with Crippen molar-refractivity contribution in [1.29, 1.82) is 0 Å². The van der Waals surface area contributed by atoms with E-state index in [9.17, 15) is 4.79 Å². The molecule has 1 fully saturated rings. The Kier molecular flexibility index (Phi) is 6.59. The third-order valence-electron chi connectivity index (χ3n) is 7.53. The van der Waals surface area contributed by atoms with E-state index in [1.807, 2.05) is 36.9 Å². The number of fused-ring (bicyclic) bond motifs is 1. The van der Waals surface area contributed by atoms with Crippen LogP contribution in [0.5, 0.6) is 0 Å². The molecule has 3 aromatic rings. The lowest BCUT2D eigenvalue weighted by molar-refractivity contribution is -0.123. The van der Waals surface area contributed by atoms with Crippen LogP contribution in [0.3, 0.4) is 0 Å². The van der Waals surface area contributed by atoms with Crippen molar-refractivity contribution in [2.45, 2.75) is 64.6 Å². The van der Waals surface area contributed by atoms with Crippen LogP contribution in [-0.2, 0) is 4.79 Å². The summed E-state index contributed by atoms with van der Waals surface area (Å²) in [5.74, 6) is 0.172. The van der Waals surface area contributed by atoms with Gasteiger partial charge in [-0.15, -0.1) is 0 Å². The quantitative estimate of drug-likeness (QED) is 0.508. The van der Waals surface area contributed by atoms with Crippen molar-refractivity contribution in [2.24, 2.45) is 11.7 Å². The fourth-order valence-electron chi connectivity index (χ4n) is 5.67. The van der Waals surface area contributed by atoms with Gasteiger partial charge in [0, 0.05) is 16.1 Å². The van der Waals surface area contributed by atoms with Crippen molar-refractivity contribution < 1.29 is 4.79 Å². The summed E-state index contributed by atoms with van der Waals surface area (Å²) < 4.78 is 1.90. The molecule has 1 saturated heterocycles. The maximum absolute atomic E-state index is 11.9. The molecule has 1 amide bonds. The molecule has 1 aromatic carbocycles. The Hall–Kier alpha value is -2.48. The number of amides is 1. The van der Waals surface area contributed by atoms with Crippen LogP contribution < -0.4 is 5.73 Å². The maximum Gasteiger partial charge on any atom is 0.234 e. The van der Waals surface area contributed by atoms with E-state index in [2.05, 4.69) is 17.9 Å². The van der Waals surface area contributed by atoms with Crippen molar-refractivity contribution in [3.05, 3.63) is 57.5 Å². The van der Waals surface area contributed by atoms with Crippen molar-refractivity contribution in [3.63, 3.8) is 0 Å². The van der Waals surface area contributed by atoms with Crippen LogP contribution in [-0.4, -0.2) is 49.2 Å². The van der Waals surface area contributed by atoms with Crippen LogP contribution in [0.2, 0.25) is 10.0 Å². The van der Waals surface area contributed by atoms with Gasteiger partial charge in [-0.3, -0.25) is 9.69 Å². The molecule has 184 valence electrons. The lowest BCUT2D eigenvalue weighted by Crippen LogP contribution is -2.48. The smallest absolute Gasteiger partial charge is 0.234 e. The first-order chi connectivity index (χ1) is 16.7. The highest BCUT2D eigenvalue weighted by atomic mass is 35.5. The molecule has 1 unspecified atom stereocenters. The normalized spacial score (nSPS) is 24.0. The number of aryl methyl sites for hydroxylation is 1. The number of halogens is 2. The molecule has 2 N–H and O–H groups in total. The molecule has 0 bridgehead atoms. The van der Waals surface area contributed by atoms with Gasteiger partial charge in [-0.2, -0.15) is 5.10 Å². The van der Waals surface area contributed by atoms with Crippen LogP contribution in [0.1, 0.15) is 62.5 Å². The number of hydrogen-bond acceptors (Lipinski definition) is 5. The van der Waals surface area contributed by atoms with Crippen LogP contribution in [0, 0.1) is 12.8 Å². The lowest BCUT2D eigenvalue weighted by atomic mass is 9.83. The molecule has 1 aliphatic carbocycles. The van der Waals surface area contributed by atoms with Crippen LogP contribution in [0.15, 0.2) is 30.5 Å². The number of hydrogen-bond donors (Lipinski definition) is 1. The van der Waals surface area contributed by atoms with E-state index in [1.54, 1.807) is 6.07 Å². The summed E-state index contributed by atoms with van der Waals surface area (Å²) in [6.07, 6.45) is 7.73. The lowest BCUT2D eigenvalue weighted by Gasteiger charge is -2.38. The third kappa shape index (κ3) is 4.46. The second kappa shape index (κ2) is 9.52. The van der Waals surface area contributed by atoms with Crippen LogP contribution in [0.4, 0.5) is 0 Å². The Morgan fingerprint density at radius 3 is 2.80 bits per heavy atom. The van der Waals surface area contributed by atoms with Gasteiger partial charge in [-0.25, -0.2) is 14.6 Å². The van der Waals surface area contributed by atoms with E-state index in [-0.39, 0.29) is 18.0 Å². The molecule has 35 heavy (non-hydrogen) atoms. The van der Waals surface area contributed by atoms with Gasteiger partial charge >= 0.3 is 0 Å². The fourth-order valence-corrected chi connectivity index (χ4v) is 6.24. The number of carbonyl (C=O) groups excluding carboxylic acids is 1. The number of nitrogens with zero attached hydrogens (tertiary/aromatic N) is 5. The number of nitrogens with two attached hydrogens (primary N) is 1. The highest BCUT2D eigenvalue weighted by Gasteiger charge is 2.37. The Bertz CT molecular complexity index is 1320. The van der Waals surface area contributed by atoms with Gasteiger partial charge < -0.3 is 5.73 Å². The van der Waals surface area contributed by atoms with Gasteiger partial charge in [-0.1, -0.05) is 42.3 Å². The average Bonchev–Trinajstić information content (AvgIpc) is 3.43. The number of primary amides is 1. The first kappa shape index (κ1) is 24.2. The summed E-state index contributed by atoms with van der Waals surface area (Å²) >= 11 is 12.6. The monoisotopic (exact) mass is 512 g/mol. The summed E-state index contributed by atoms with van der Waals surface area (Å²) in [7, 11) is 0. The Balaban J connectivity index is 1.46. The number of likely N-dealkylation sites (tertiary alicyclic amines) is 1. The Labute approximate surface area is 215 Å². The summed E-state index contributed by atoms with van der Waals surface area (Å²) in [4.78, 5) is 24.0. The fraction of sp³-hybridized carbons (Fsp3) is 0.462. The van der Waals surface area contributed by atoms with Crippen LogP contribution >= 0.6 is 23.2 Å². The van der Waals surface area contributed by atoms with Crippen LogP contribution in [0.25, 0.3) is 16.7 Å². The number of benzene rings is 1. The zero-order chi connectivity index (χ0) is 24.9. The predicted octanol–water partition coefficient (Wildman–Crippen LogP) is 5.18. The first-order valence-corrected chi connectivity index (χ1v) is 12.9. The van der Waals surface area contributed by atoms with E-state index >= 15 is 0 Å². The van der Waals surface area contributed by atoms with Gasteiger partial charge in [0.15, 0.2) is 5.65 Å². The molecule has 7 nitrogen and oxygen atoms in total. The molecule has 0 radical (unpaired) electrons. The number of allylic oxidation sites excluding steroid dienone is 1. The second-order valence-electron chi connectivity index (χ2n) is 9.81. The van der Waals surface area contributed by atoms with Crippen molar-refractivity contribution in [3.8, 4) is 0 Å². The van der Waals surface area contributed by atoms with Gasteiger partial charge in [0.2, 0.25) is 5.91 Å². The van der Waals surface area contributed by atoms with Crippen molar-refractivity contribution in [2.75, 3.05) is 6.54 Å². The Morgan fingerprint density at radius 1 is 1.29 bits per heavy atom. The molecule has 4 atom stereocenters. The SMILES string of the molecule is Cc1nn([C@H](C)c2ccc(Cl)cc2Cl)c2nc(C3=CC[C@H](N4CCCC4C(N)=O)[C@H](C)C3)cnc12. The largest absolute Gasteiger partial charge is 0.368 e. The molecule has 2 aromatic heterocycles. The second-order valence-corrected chi connectivity index (χ2v) is 10.7. The standard InChI is InChI=1S/C26H30Cl2N6O/c1-14-11-17(6-9-22(14)33-10-4-5-23(33)25(29)35)21-13-30-24-15(2)32-34(26(24)31-21)16(3)19-8-7-18(27)12-20(19)28/h6-8,12-14,16,22-23H,4-5,9-11H2,1-3H3,(H2,29,35)/t14-,16-,22+,23?/m1/s1. The topological polar surface area (TPSA) is 89.9 Å². The minimum Gasteiger partial charge on any atom is -0.368 e. The van der Waals surface area contributed by atoms with Gasteiger partial charge in [0.1, 0.15) is 5.52 Å². The summed E-state index contributed by atoms with van der Waals surface area (Å²) in [6.45, 7) is 7.17. The maximum atomic E-state index is 11.9. The molecule has 2 aliphatic rings. The number of aromatic nitrogens is 4. The molecule has 0 saturated carbocycles. The highest BCUT2D eigenvalue weighted by Crippen LogP contribution is 2.37. The van der Waals surface area contributed by atoms with E-state index in [1.165, 1.54) is 5.57 Å². The highest BCUT2D eigenvalue weighted by molar-refractivity contribution is 6.35.